The van der Waals surface area contributed by atoms with Crippen LogP contribution < -0.4 is 5.32 Å². The Kier molecular flexibility index (Phi) is 6.48. The van der Waals surface area contributed by atoms with E-state index in [1.165, 1.54) is 23.5 Å². The molecule has 20 heavy (non-hydrogen) atoms. The maximum Gasteiger partial charge on any atom is 0.244 e. The summed E-state index contributed by atoms with van der Waals surface area (Å²) in [4.78, 5) is 0.0175. The Labute approximate surface area is 130 Å². The first-order chi connectivity index (χ1) is 9.34. The first-order valence-electron chi connectivity index (χ1n) is 6.10. The van der Waals surface area contributed by atoms with Gasteiger partial charge in [0.1, 0.15) is 4.90 Å². The third-order valence-electron chi connectivity index (χ3n) is 2.72. The molecule has 0 saturated carbocycles. The van der Waals surface area contributed by atoms with Crippen LogP contribution in [0, 0.1) is 0 Å². The SMILES string of the molecule is C=CCN(C)S(=O)(=O)c1cc(Cl)cc(CNCC)c1Cl. The molecule has 1 rings (SSSR count). The van der Waals surface area contributed by atoms with Crippen molar-refractivity contribution in [3.8, 4) is 0 Å². The van der Waals surface area contributed by atoms with E-state index in [0.717, 1.165) is 6.54 Å². The molecule has 0 heterocycles. The fourth-order valence-electron chi connectivity index (χ4n) is 1.64. The summed E-state index contributed by atoms with van der Waals surface area (Å²) in [6.45, 7) is 6.90. The van der Waals surface area contributed by atoms with Crippen LogP contribution in [-0.2, 0) is 16.6 Å². The van der Waals surface area contributed by atoms with Gasteiger partial charge in [0.15, 0.2) is 0 Å². The first-order valence-corrected chi connectivity index (χ1v) is 8.30. The highest BCUT2D eigenvalue weighted by molar-refractivity contribution is 7.89. The van der Waals surface area contributed by atoms with Gasteiger partial charge in [-0.05, 0) is 24.2 Å². The van der Waals surface area contributed by atoms with E-state index < -0.39 is 10.0 Å². The average Bonchev–Trinajstić information content (AvgIpc) is 2.39. The number of sulfonamides is 1. The second-order valence-corrected chi connectivity index (χ2v) is 7.06. The van der Waals surface area contributed by atoms with Crippen LogP contribution in [0.4, 0.5) is 0 Å². The molecular weight excluding hydrogens is 319 g/mol. The number of hydrogen-bond donors (Lipinski definition) is 1. The summed E-state index contributed by atoms with van der Waals surface area (Å²) >= 11 is 12.2. The number of nitrogens with zero attached hydrogens (tertiary/aromatic N) is 1. The van der Waals surface area contributed by atoms with E-state index in [2.05, 4.69) is 11.9 Å². The number of likely N-dealkylation sites (N-methyl/N-ethyl adjacent to an activating group) is 1. The smallest absolute Gasteiger partial charge is 0.244 e. The lowest BCUT2D eigenvalue weighted by atomic mass is 10.2. The number of halogens is 2. The van der Waals surface area contributed by atoms with Crippen LogP contribution in [0.25, 0.3) is 0 Å². The largest absolute Gasteiger partial charge is 0.313 e. The number of rotatable bonds is 7. The van der Waals surface area contributed by atoms with Crippen LogP contribution in [0.5, 0.6) is 0 Å². The van der Waals surface area contributed by atoms with Crippen LogP contribution in [0.15, 0.2) is 29.7 Å². The monoisotopic (exact) mass is 336 g/mol. The predicted octanol–water partition coefficient (Wildman–Crippen LogP) is 2.91. The maximum absolute atomic E-state index is 12.4. The quantitative estimate of drug-likeness (QED) is 0.779. The van der Waals surface area contributed by atoms with Crippen molar-refractivity contribution in [1.29, 1.82) is 0 Å². The van der Waals surface area contributed by atoms with Crippen molar-refractivity contribution in [2.24, 2.45) is 0 Å². The van der Waals surface area contributed by atoms with E-state index in [0.29, 0.717) is 17.1 Å². The molecule has 0 atom stereocenters. The van der Waals surface area contributed by atoms with Crippen molar-refractivity contribution in [2.75, 3.05) is 20.1 Å². The molecule has 0 bridgehead atoms. The molecular formula is C13H18Cl2N2O2S. The minimum Gasteiger partial charge on any atom is -0.313 e. The summed E-state index contributed by atoms with van der Waals surface area (Å²) < 4.78 is 26.0. The minimum atomic E-state index is -3.68. The van der Waals surface area contributed by atoms with Crippen LogP contribution in [-0.4, -0.2) is 32.9 Å². The average molecular weight is 337 g/mol. The molecule has 1 aromatic rings. The lowest BCUT2D eigenvalue weighted by molar-refractivity contribution is 0.499. The molecule has 0 amide bonds. The summed E-state index contributed by atoms with van der Waals surface area (Å²) in [6.07, 6.45) is 1.51. The van der Waals surface area contributed by atoms with E-state index in [1.807, 2.05) is 6.92 Å². The Morgan fingerprint density at radius 1 is 1.40 bits per heavy atom. The lowest BCUT2D eigenvalue weighted by Crippen LogP contribution is -2.27. The van der Waals surface area contributed by atoms with Gasteiger partial charge in [0, 0.05) is 25.2 Å². The fourth-order valence-corrected chi connectivity index (χ4v) is 3.69. The Balaban J connectivity index is 3.30. The van der Waals surface area contributed by atoms with Gasteiger partial charge in [0.2, 0.25) is 10.0 Å². The van der Waals surface area contributed by atoms with E-state index in [1.54, 1.807) is 6.07 Å². The van der Waals surface area contributed by atoms with E-state index in [9.17, 15) is 8.42 Å². The molecule has 0 saturated heterocycles. The zero-order valence-electron chi connectivity index (χ0n) is 11.5. The van der Waals surface area contributed by atoms with E-state index >= 15 is 0 Å². The van der Waals surface area contributed by atoms with Crippen LogP contribution in [0.2, 0.25) is 10.0 Å². The highest BCUT2D eigenvalue weighted by Gasteiger charge is 2.24. The molecule has 0 aliphatic carbocycles. The molecule has 1 aromatic carbocycles. The molecule has 4 nitrogen and oxygen atoms in total. The third kappa shape index (κ3) is 3.96. The van der Waals surface area contributed by atoms with Crippen LogP contribution >= 0.6 is 23.2 Å². The Morgan fingerprint density at radius 2 is 2.05 bits per heavy atom. The summed E-state index contributed by atoms with van der Waals surface area (Å²) in [6, 6.07) is 3.04. The third-order valence-corrected chi connectivity index (χ3v) is 5.34. The van der Waals surface area contributed by atoms with Gasteiger partial charge < -0.3 is 5.32 Å². The molecule has 0 radical (unpaired) electrons. The highest BCUT2D eigenvalue weighted by atomic mass is 35.5. The van der Waals surface area contributed by atoms with Gasteiger partial charge in [-0.15, -0.1) is 6.58 Å². The van der Waals surface area contributed by atoms with Crippen molar-refractivity contribution in [3.05, 3.63) is 40.4 Å². The van der Waals surface area contributed by atoms with Crippen molar-refractivity contribution < 1.29 is 8.42 Å². The zero-order valence-corrected chi connectivity index (χ0v) is 13.8. The number of nitrogens with one attached hydrogen (secondary N) is 1. The number of benzene rings is 1. The van der Waals surface area contributed by atoms with E-state index in [-0.39, 0.29) is 16.5 Å². The minimum absolute atomic E-state index is 0.0175. The molecule has 112 valence electrons. The van der Waals surface area contributed by atoms with Gasteiger partial charge in [-0.2, -0.15) is 4.31 Å². The molecule has 7 heteroatoms. The molecule has 0 aliphatic rings. The summed E-state index contributed by atoms with van der Waals surface area (Å²) in [7, 11) is -2.21. The fraction of sp³-hybridized carbons (Fsp3) is 0.385. The summed E-state index contributed by atoms with van der Waals surface area (Å²) in [5.74, 6) is 0. The van der Waals surface area contributed by atoms with Gasteiger partial charge in [-0.1, -0.05) is 36.2 Å². The van der Waals surface area contributed by atoms with Crippen molar-refractivity contribution in [2.45, 2.75) is 18.4 Å². The first kappa shape index (κ1) is 17.5. The Hall–Kier alpha value is -0.590. The van der Waals surface area contributed by atoms with Gasteiger partial charge >= 0.3 is 0 Å². The Morgan fingerprint density at radius 3 is 2.60 bits per heavy atom. The molecule has 1 N–H and O–H groups in total. The van der Waals surface area contributed by atoms with E-state index in [4.69, 9.17) is 23.2 Å². The van der Waals surface area contributed by atoms with Gasteiger partial charge in [0.25, 0.3) is 0 Å². The van der Waals surface area contributed by atoms with Gasteiger partial charge in [-0.25, -0.2) is 8.42 Å². The second kappa shape index (κ2) is 7.43. The molecule has 0 spiro atoms. The molecule has 0 unspecified atom stereocenters. The Bertz CT molecular complexity index is 588. The molecule has 0 fully saturated rings. The summed E-state index contributed by atoms with van der Waals surface area (Å²) in [5, 5.41) is 3.64. The zero-order chi connectivity index (χ0) is 15.3. The molecule has 0 aliphatic heterocycles. The standard InChI is InChI=1S/C13H18Cl2N2O2S/c1-4-6-17(3)20(18,19)12-8-11(14)7-10(13(12)15)9-16-5-2/h4,7-8,16H,1,5-6,9H2,2-3H3. The normalized spacial score (nSPS) is 11.8. The van der Waals surface area contributed by atoms with Crippen molar-refractivity contribution in [1.82, 2.24) is 9.62 Å². The van der Waals surface area contributed by atoms with Crippen molar-refractivity contribution >= 4 is 33.2 Å². The second-order valence-electron chi connectivity index (χ2n) is 4.23. The lowest BCUT2D eigenvalue weighted by Gasteiger charge is -2.18. The van der Waals surface area contributed by atoms with Gasteiger partial charge in [-0.3, -0.25) is 0 Å². The number of hydrogen-bond acceptors (Lipinski definition) is 3. The summed E-state index contributed by atoms with van der Waals surface area (Å²) in [5.41, 5.74) is 0.659. The van der Waals surface area contributed by atoms with Crippen molar-refractivity contribution in [3.63, 3.8) is 0 Å². The van der Waals surface area contributed by atoms with Crippen LogP contribution in [0.3, 0.4) is 0 Å². The maximum atomic E-state index is 12.4. The van der Waals surface area contributed by atoms with Gasteiger partial charge in [0.05, 0.1) is 5.02 Å². The van der Waals surface area contributed by atoms with Crippen LogP contribution in [0.1, 0.15) is 12.5 Å². The topological polar surface area (TPSA) is 49.4 Å². The highest BCUT2D eigenvalue weighted by Crippen LogP contribution is 2.31. The predicted molar refractivity (Wildman–Crippen MR) is 83.9 cm³/mol. The molecule has 0 aromatic heterocycles.